The molecular formula is C31H24ClN7O3. The molecule has 11 heteroatoms. The zero-order chi connectivity index (χ0) is 28.6. The van der Waals surface area contributed by atoms with Crippen molar-refractivity contribution in [1.82, 2.24) is 29.4 Å². The first-order chi connectivity index (χ1) is 20.6. The number of aromatic nitrogens is 6. The highest BCUT2D eigenvalue weighted by molar-refractivity contribution is 6.30. The number of hydrogen-bond donors (Lipinski definition) is 0. The quantitative estimate of drug-likeness (QED) is 0.166. The van der Waals surface area contributed by atoms with Crippen molar-refractivity contribution in [2.75, 3.05) is 7.11 Å². The number of rotatable bonds is 7. The van der Waals surface area contributed by atoms with E-state index in [2.05, 4.69) is 15.2 Å². The lowest BCUT2D eigenvalue weighted by Gasteiger charge is -2.27. The van der Waals surface area contributed by atoms with Gasteiger partial charge in [0.1, 0.15) is 12.1 Å². The van der Waals surface area contributed by atoms with Crippen molar-refractivity contribution in [3.8, 4) is 23.2 Å². The zero-order valence-corrected chi connectivity index (χ0v) is 23.4. The van der Waals surface area contributed by atoms with Crippen LogP contribution in [0.25, 0.3) is 11.3 Å². The molecule has 1 atom stereocenters. The second-order valence-electron chi connectivity index (χ2n) is 9.65. The number of nitrogens with zero attached hydrogens (tertiary/aromatic N) is 7. The Morgan fingerprint density at radius 1 is 0.976 bits per heavy atom. The van der Waals surface area contributed by atoms with Crippen LogP contribution in [0.1, 0.15) is 39.7 Å². The molecule has 1 aliphatic rings. The Bertz CT molecular complexity index is 1930. The SMILES string of the molecule is COc1ccccc1C1c2c(C)nn(-c3ccc(Cl)cc3)c2Oc2ncn3nc(CON=Cc4ccccc4)nc3c21. The van der Waals surface area contributed by atoms with Gasteiger partial charge in [-0.3, -0.25) is 0 Å². The Hall–Kier alpha value is -5.22. The Morgan fingerprint density at radius 3 is 2.57 bits per heavy atom. The fourth-order valence-electron chi connectivity index (χ4n) is 5.19. The number of methoxy groups -OCH3 is 1. The summed E-state index contributed by atoms with van der Waals surface area (Å²) in [7, 11) is 1.66. The summed E-state index contributed by atoms with van der Waals surface area (Å²) < 4.78 is 15.7. The van der Waals surface area contributed by atoms with Gasteiger partial charge in [0.25, 0.3) is 0 Å². The van der Waals surface area contributed by atoms with Gasteiger partial charge in [0.15, 0.2) is 18.1 Å². The molecule has 7 rings (SSSR count). The van der Waals surface area contributed by atoms with Gasteiger partial charge in [0.05, 0.1) is 41.8 Å². The van der Waals surface area contributed by atoms with Crippen LogP contribution in [-0.2, 0) is 11.4 Å². The summed E-state index contributed by atoms with van der Waals surface area (Å²) in [6.45, 7) is 2.04. The molecule has 0 radical (unpaired) electrons. The molecule has 0 fully saturated rings. The number of ether oxygens (including phenoxy) is 2. The molecule has 0 amide bonds. The summed E-state index contributed by atoms with van der Waals surface area (Å²) in [6, 6.07) is 25.0. The third-order valence-electron chi connectivity index (χ3n) is 7.05. The van der Waals surface area contributed by atoms with Gasteiger partial charge in [-0.2, -0.15) is 5.10 Å². The molecule has 0 spiro atoms. The first-order valence-electron chi connectivity index (χ1n) is 13.2. The highest BCUT2D eigenvalue weighted by Crippen LogP contribution is 2.51. The Morgan fingerprint density at radius 2 is 1.76 bits per heavy atom. The lowest BCUT2D eigenvalue weighted by molar-refractivity contribution is 0.126. The molecule has 1 unspecified atom stereocenters. The van der Waals surface area contributed by atoms with E-state index in [1.165, 1.54) is 0 Å². The Balaban J connectivity index is 1.34. The number of aryl methyl sites for hydroxylation is 1. The smallest absolute Gasteiger partial charge is 0.230 e. The standard InChI is InChI=1S/C31H24ClN7O3/c1-19-26-27(23-10-6-7-11-24(23)40-2)28-29-35-25(17-41-34-16-20-8-4-3-5-9-20)37-38(29)18-33-30(28)42-31(26)39(36-19)22-14-12-21(32)13-15-22/h3-16,18,27H,17H2,1-2H3. The van der Waals surface area contributed by atoms with E-state index in [-0.39, 0.29) is 12.5 Å². The summed E-state index contributed by atoms with van der Waals surface area (Å²) >= 11 is 6.16. The van der Waals surface area contributed by atoms with Crippen molar-refractivity contribution in [3.05, 3.63) is 124 Å². The predicted molar refractivity (Wildman–Crippen MR) is 157 cm³/mol. The van der Waals surface area contributed by atoms with Gasteiger partial charge in [-0.05, 0) is 42.8 Å². The number of fused-ring (bicyclic) bond motifs is 4. The monoisotopic (exact) mass is 577 g/mol. The van der Waals surface area contributed by atoms with Crippen molar-refractivity contribution in [2.45, 2.75) is 19.4 Å². The van der Waals surface area contributed by atoms with Gasteiger partial charge >= 0.3 is 0 Å². The van der Waals surface area contributed by atoms with Gasteiger partial charge in [0.2, 0.25) is 11.8 Å². The van der Waals surface area contributed by atoms with Crippen LogP contribution in [0.15, 0.2) is 90.3 Å². The number of benzene rings is 3. The molecule has 0 bridgehead atoms. The van der Waals surface area contributed by atoms with Crippen molar-refractivity contribution in [3.63, 3.8) is 0 Å². The summed E-state index contributed by atoms with van der Waals surface area (Å²) in [5.74, 6) is 1.79. The van der Waals surface area contributed by atoms with E-state index in [1.807, 2.05) is 85.8 Å². The van der Waals surface area contributed by atoms with Gasteiger partial charge in [-0.25, -0.2) is 19.2 Å². The summed E-state index contributed by atoms with van der Waals surface area (Å²) in [4.78, 5) is 15.0. The molecular weight excluding hydrogens is 554 g/mol. The number of hydrogen-bond acceptors (Lipinski definition) is 8. The average Bonchev–Trinajstić information content (AvgIpc) is 3.59. The topological polar surface area (TPSA) is 101 Å². The fraction of sp³-hybridized carbons (Fsp3) is 0.129. The lowest BCUT2D eigenvalue weighted by Crippen LogP contribution is -2.16. The summed E-state index contributed by atoms with van der Waals surface area (Å²) in [5.41, 5.74) is 5.68. The van der Waals surface area contributed by atoms with Gasteiger partial charge in [0, 0.05) is 10.6 Å². The number of halogens is 1. The molecule has 0 N–H and O–H groups in total. The average molecular weight is 578 g/mol. The van der Waals surface area contributed by atoms with Crippen molar-refractivity contribution in [1.29, 1.82) is 0 Å². The van der Waals surface area contributed by atoms with Crippen LogP contribution in [0.3, 0.4) is 0 Å². The maximum atomic E-state index is 6.48. The molecule has 1 aliphatic heterocycles. The van der Waals surface area contributed by atoms with E-state index < -0.39 is 0 Å². The molecule has 42 heavy (non-hydrogen) atoms. The molecule has 10 nitrogen and oxygen atoms in total. The minimum Gasteiger partial charge on any atom is -0.496 e. The second-order valence-corrected chi connectivity index (χ2v) is 10.1. The van der Waals surface area contributed by atoms with Crippen LogP contribution in [0.4, 0.5) is 0 Å². The predicted octanol–water partition coefficient (Wildman–Crippen LogP) is 6.12. The molecule has 208 valence electrons. The van der Waals surface area contributed by atoms with Crippen LogP contribution in [0.5, 0.6) is 17.5 Å². The zero-order valence-electron chi connectivity index (χ0n) is 22.7. The van der Waals surface area contributed by atoms with Crippen molar-refractivity contribution in [2.24, 2.45) is 5.16 Å². The highest BCUT2D eigenvalue weighted by Gasteiger charge is 2.39. The Kier molecular flexibility index (Phi) is 6.52. The largest absolute Gasteiger partial charge is 0.496 e. The maximum absolute atomic E-state index is 6.48. The van der Waals surface area contributed by atoms with E-state index in [0.717, 1.165) is 39.4 Å². The van der Waals surface area contributed by atoms with E-state index in [9.17, 15) is 0 Å². The third kappa shape index (κ3) is 4.51. The molecule has 3 aromatic heterocycles. The van der Waals surface area contributed by atoms with Crippen molar-refractivity contribution < 1.29 is 14.3 Å². The summed E-state index contributed by atoms with van der Waals surface area (Å²) in [6.07, 6.45) is 3.23. The number of para-hydroxylation sites is 1. The van der Waals surface area contributed by atoms with Crippen LogP contribution >= 0.6 is 11.6 Å². The fourth-order valence-corrected chi connectivity index (χ4v) is 5.32. The second kappa shape index (κ2) is 10.6. The molecule has 3 aromatic carbocycles. The first kappa shape index (κ1) is 25.7. The normalized spacial score (nSPS) is 14.0. The van der Waals surface area contributed by atoms with Crippen LogP contribution in [0.2, 0.25) is 5.02 Å². The number of oxime groups is 1. The molecule has 4 heterocycles. The van der Waals surface area contributed by atoms with E-state index in [1.54, 1.807) is 28.8 Å². The van der Waals surface area contributed by atoms with Crippen LogP contribution < -0.4 is 9.47 Å². The van der Waals surface area contributed by atoms with E-state index in [0.29, 0.717) is 28.3 Å². The molecule has 0 saturated carbocycles. The van der Waals surface area contributed by atoms with Crippen LogP contribution in [-0.4, -0.2) is 42.7 Å². The first-order valence-corrected chi connectivity index (χ1v) is 13.6. The van der Waals surface area contributed by atoms with Crippen LogP contribution in [0, 0.1) is 6.92 Å². The minimum absolute atomic E-state index is 0.0821. The minimum atomic E-state index is -0.355. The van der Waals surface area contributed by atoms with Gasteiger partial charge < -0.3 is 14.3 Å². The molecule has 0 saturated heterocycles. The lowest BCUT2D eigenvalue weighted by atomic mass is 9.84. The molecule has 0 aliphatic carbocycles. The van der Waals surface area contributed by atoms with Crippen molar-refractivity contribution >= 4 is 23.5 Å². The third-order valence-corrected chi connectivity index (χ3v) is 7.31. The van der Waals surface area contributed by atoms with Gasteiger partial charge in [-0.1, -0.05) is 65.3 Å². The maximum Gasteiger partial charge on any atom is 0.230 e. The van der Waals surface area contributed by atoms with E-state index in [4.69, 9.17) is 36.0 Å². The Labute approximate surface area is 245 Å². The van der Waals surface area contributed by atoms with Gasteiger partial charge in [-0.15, -0.1) is 5.10 Å². The summed E-state index contributed by atoms with van der Waals surface area (Å²) in [5, 5.41) is 14.2. The van der Waals surface area contributed by atoms with E-state index >= 15 is 0 Å². The highest BCUT2D eigenvalue weighted by atomic mass is 35.5. The molecule has 6 aromatic rings.